The van der Waals surface area contributed by atoms with E-state index in [-0.39, 0.29) is 25.1 Å². The van der Waals surface area contributed by atoms with E-state index in [1.54, 1.807) is 6.92 Å². The second kappa shape index (κ2) is 7.20. The van der Waals surface area contributed by atoms with E-state index in [0.717, 1.165) is 23.6 Å². The Morgan fingerprint density at radius 3 is 2.52 bits per heavy atom. The van der Waals surface area contributed by atoms with Crippen LogP contribution < -0.4 is 0 Å². The molecule has 8 nitrogen and oxygen atoms in total. The number of aliphatic carboxylic acids is 1. The van der Waals surface area contributed by atoms with Gasteiger partial charge in [-0.3, -0.25) is 9.59 Å². The highest BCUT2D eigenvalue weighted by Crippen LogP contribution is 2.43. The van der Waals surface area contributed by atoms with Gasteiger partial charge in [0.2, 0.25) is 0 Å². The van der Waals surface area contributed by atoms with Crippen molar-refractivity contribution in [1.29, 1.82) is 0 Å². The maximum absolute atomic E-state index is 13.3. The zero-order chi connectivity index (χ0) is 18.2. The van der Waals surface area contributed by atoms with Gasteiger partial charge in [0.05, 0.1) is 6.61 Å². The van der Waals surface area contributed by atoms with E-state index in [1.807, 2.05) is 0 Å². The molecule has 1 saturated carbocycles. The summed E-state index contributed by atoms with van der Waals surface area (Å²) in [4.78, 5) is 23.9. The van der Waals surface area contributed by atoms with Crippen LogP contribution in [0.15, 0.2) is 0 Å². The SMILES string of the molecule is CCOC(=O)C1CCCN1S(=O)(=O)N1C(C(=O)O)CC2CCCCC21. The van der Waals surface area contributed by atoms with Gasteiger partial charge in [0.25, 0.3) is 10.2 Å². The van der Waals surface area contributed by atoms with Crippen LogP contribution in [0.5, 0.6) is 0 Å². The predicted molar refractivity (Wildman–Crippen MR) is 88.9 cm³/mol. The molecule has 0 aromatic rings. The summed E-state index contributed by atoms with van der Waals surface area (Å²) in [7, 11) is -4.03. The van der Waals surface area contributed by atoms with E-state index < -0.39 is 34.2 Å². The van der Waals surface area contributed by atoms with Crippen LogP contribution in [0.4, 0.5) is 0 Å². The lowest BCUT2D eigenvalue weighted by Crippen LogP contribution is -2.54. The van der Waals surface area contributed by atoms with Gasteiger partial charge in [-0.2, -0.15) is 17.0 Å². The zero-order valence-electron chi connectivity index (χ0n) is 14.5. The third-order valence-electron chi connectivity index (χ3n) is 5.64. The van der Waals surface area contributed by atoms with Gasteiger partial charge >= 0.3 is 11.9 Å². The van der Waals surface area contributed by atoms with E-state index in [9.17, 15) is 23.1 Å². The normalized spacial score (nSPS) is 34.0. The molecule has 3 fully saturated rings. The first kappa shape index (κ1) is 18.6. The summed E-state index contributed by atoms with van der Waals surface area (Å²) in [6.45, 7) is 2.10. The maximum atomic E-state index is 13.3. The largest absolute Gasteiger partial charge is 0.480 e. The first-order valence-corrected chi connectivity index (χ1v) is 10.5. The minimum absolute atomic E-state index is 0.0910. The number of hydrogen-bond donors (Lipinski definition) is 1. The van der Waals surface area contributed by atoms with Gasteiger partial charge in [-0.1, -0.05) is 12.8 Å². The lowest BCUT2D eigenvalue weighted by molar-refractivity contribution is -0.147. The number of ether oxygens (including phenoxy) is 1. The zero-order valence-corrected chi connectivity index (χ0v) is 15.3. The summed E-state index contributed by atoms with van der Waals surface area (Å²) in [5, 5.41) is 9.58. The fraction of sp³-hybridized carbons (Fsp3) is 0.875. The third kappa shape index (κ3) is 3.29. The van der Waals surface area contributed by atoms with E-state index in [0.29, 0.717) is 25.7 Å². The molecule has 142 valence electrons. The summed E-state index contributed by atoms with van der Waals surface area (Å²) in [6.07, 6.45) is 4.81. The molecular weight excluding hydrogens is 348 g/mol. The minimum Gasteiger partial charge on any atom is -0.480 e. The second-order valence-corrected chi connectivity index (χ2v) is 8.85. The lowest BCUT2D eigenvalue weighted by Gasteiger charge is -2.35. The number of carboxylic acids is 1. The standard InChI is InChI=1S/C16H26N2O6S/c1-2-24-16(21)13-8-5-9-17(13)25(22,23)18-12-7-4-3-6-11(12)10-14(18)15(19)20/h11-14H,2-10H2,1H3,(H,19,20). The quantitative estimate of drug-likeness (QED) is 0.719. The summed E-state index contributed by atoms with van der Waals surface area (Å²) in [5.41, 5.74) is 0. The highest BCUT2D eigenvalue weighted by Gasteiger charge is 2.54. The van der Waals surface area contributed by atoms with Crippen molar-refractivity contribution in [2.45, 2.75) is 70.0 Å². The van der Waals surface area contributed by atoms with Gasteiger partial charge in [0.15, 0.2) is 0 Å². The summed E-state index contributed by atoms with van der Waals surface area (Å²) < 4.78 is 34.0. The molecule has 0 aromatic heterocycles. The van der Waals surface area contributed by atoms with Crippen molar-refractivity contribution >= 4 is 22.1 Å². The molecule has 0 amide bonds. The molecule has 0 aromatic carbocycles. The van der Waals surface area contributed by atoms with Crippen LogP contribution in [0.2, 0.25) is 0 Å². The number of fused-ring (bicyclic) bond motifs is 1. The van der Waals surface area contributed by atoms with Gasteiger partial charge in [0, 0.05) is 12.6 Å². The van der Waals surface area contributed by atoms with E-state index in [2.05, 4.69) is 0 Å². The molecule has 2 heterocycles. The van der Waals surface area contributed by atoms with E-state index >= 15 is 0 Å². The predicted octanol–water partition coefficient (Wildman–Crippen LogP) is 0.976. The third-order valence-corrected chi connectivity index (χ3v) is 7.73. The average molecular weight is 374 g/mol. The van der Waals surface area contributed by atoms with Crippen LogP contribution in [0.3, 0.4) is 0 Å². The van der Waals surface area contributed by atoms with E-state index in [1.165, 1.54) is 4.31 Å². The van der Waals surface area contributed by atoms with Crippen molar-refractivity contribution in [2.24, 2.45) is 5.92 Å². The lowest BCUT2D eigenvalue weighted by atomic mass is 9.85. The van der Waals surface area contributed by atoms with Gasteiger partial charge in [-0.05, 0) is 44.9 Å². The van der Waals surface area contributed by atoms with Crippen LogP contribution in [0.25, 0.3) is 0 Å². The Balaban J connectivity index is 1.91. The Morgan fingerprint density at radius 2 is 1.84 bits per heavy atom. The van der Waals surface area contributed by atoms with Crippen LogP contribution in [0.1, 0.15) is 51.9 Å². The van der Waals surface area contributed by atoms with Crippen molar-refractivity contribution in [3.8, 4) is 0 Å². The number of esters is 1. The van der Waals surface area contributed by atoms with E-state index in [4.69, 9.17) is 4.74 Å². The van der Waals surface area contributed by atoms with Crippen molar-refractivity contribution in [2.75, 3.05) is 13.2 Å². The maximum Gasteiger partial charge on any atom is 0.324 e. The molecular formula is C16H26N2O6S. The summed E-state index contributed by atoms with van der Waals surface area (Å²) in [6, 6.07) is -2.16. The number of carbonyl (C=O) groups is 2. The van der Waals surface area contributed by atoms with Crippen molar-refractivity contribution < 1.29 is 27.9 Å². The first-order valence-electron chi connectivity index (χ1n) is 9.07. The molecule has 4 atom stereocenters. The molecule has 3 aliphatic rings. The monoisotopic (exact) mass is 374 g/mol. The molecule has 0 radical (unpaired) electrons. The summed E-state index contributed by atoms with van der Waals surface area (Å²) in [5.74, 6) is -1.56. The molecule has 1 aliphatic carbocycles. The number of hydrogen-bond acceptors (Lipinski definition) is 5. The highest BCUT2D eigenvalue weighted by atomic mass is 32.2. The molecule has 0 spiro atoms. The van der Waals surface area contributed by atoms with Gasteiger partial charge in [-0.25, -0.2) is 0 Å². The van der Waals surface area contributed by atoms with Gasteiger partial charge in [0.1, 0.15) is 12.1 Å². The summed E-state index contributed by atoms with van der Waals surface area (Å²) >= 11 is 0. The smallest absolute Gasteiger partial charge is 0.324 e. The van der Waals surface area contributed by atoms with Gasteiger partial charge < -0.3 is 9.84 Å². The molecule has 1 N–H and O–H groups in total. The Labute approximate surface area is 148 Å². The Bertz CT molecular complexity index is 637. The second-order valence-electron chi connectivity index (χ2n) is 7.06. The van der Waals surface area contributed by atoms with Crippen LogP contribution in [0, 0.1) is 5.92 Å². The van der Waals surface area contributed by atoms with Crippen LogP contribution >= 0.6 is 0 Å². The molecule has 0 bridgehead atoms. The fourth-order valence-corrected chi connectivity index (χ4v) is 6.81. The highest BCUT2D eigenvalue weighted by molar-refractivity contribution is 7.86. The minimum atomic E-state index is -4.03. The number of rotatable bonds is 5. The number of carbonyl (C=O) groups excluding carboxylic acids is 1. The van der Waals surface area contributed by atoms with Crippen molar-refractivity contribution in [1.82, 2.24) is 8.61 Å². The molecule has 25 heavy (non-hydrogen) atoms. The number of carboxylic acid groups (broad SMARTS) is 1. The number of nitrogens with zero attached hydrogens (tertiary/aromatic N) is 2. The molecule has 3 rings (SSSR count). The Kier molecular flexibility index (Phi) is 5.36. The Hall–Kier alpha value is -1.19. The van der Waals surface area contributed by atoms with Crippen molar-refractivity contribution in [3.63, 3.8) is 0 Å². The first-order chi connectivity index (χ1) is 11.9. The molecule has 9 heteroatoms. The van der Waals surface area contributed by atoms with Gasteiger partial charge in [-0.15, -0.1) is 0 Å². The molecule has 2 aliphatic heterocycles. The molecule has 4 unspecified atom stereocenters. The van der Waals surface area contributed by atoms with Crippen molar-refractivity contribution in [3.05, 3.63) is 0 Å². The topological polar surface area (TPSA) is 104 Å². The average Bonchev–Trinajstić information content (AvgIpc) is 3.20. The van der Waals surface area contributed by atoms with Crippen LogP contribution in [-0.4, -0.2) is 65.4 Å². The molecule has 2 saturated heterocycles. The fourth-order valence-electron chi connectivity index (χ4n) is 4.57. The van der Waals surface area contributed by atoms with Crippen LogP contribution in [-0.2, 0) is 24.5 Å². The Morgan fingerprint density at radius 1 is 1.12 bits per heavy atom.